The number of allylic oxidation sites excluding steroid dienone is 2. The second-order valence-electron chi connectivity index (χ2n) is 11.8. The Bertz CT molecular complexity index is 1290. The van der Waals surface area contributed by atoms with Crippen molar-refractivity contribution in [2.24, 2.45) is 0 Å². The van der Waals surface area contributed by atoms with E-state index in [2.05, 4.69) is 18.5 Å². The molecule has 0 radical (unpaired) electrons. The van der Waals surface area contributed by atoms with Crippen LogP contribution in [0.15, 0.2) is 78.7 Å². The molecule has 0 aromatic heterocycles. The molecule has 0 heterocycles. The monoisotopic (exact) mass is 644 g/mol. The molecule has 0 bridgehead atoms. The van der Waals surface area contributed by atoms with Crippen LogP contribution in [0.4, 0.5) is 4.79 Å². The van der Waals surface area contributed by atoms with Crippen molar-refractivity contribution in [3.05, 3.63) is 79.4 Å². The number of benzene rings is 2. The highest BCUT2D eigenvalue weighted by atomic mass is 32.2. The van der Waals surface area contributed by atoms with E-state index in [4.69, 9.17) is 14.2 Å². The van der Waals surface area contributed by atoms with E-state index in [1.54, 1.807) is 39.0 Å². The number of hydrogen-bond acceptors (Lipinski definition) is 7. The van der Waals surface area contributed by atoms with Crippen molar-refractivity contribution in [2.45, 2.75) is 95.3 Å². The molecule has 0 saturated carbocycles. The van der Waals surface area contributed by atoms with E-state index in [1.807, 2.05) is 43.3 Å². The molecule has 2 rings (SSSR count). The van der Waals surface area contributed by atoms with Gasteiger partial charge in [-0.3, -0.25) is 0 Å². The highest BCUT2D eigenvalue weighted by molar-refractivity contribution is 7.89. The molecule has 2 N–H and O–H groups in total. The van der Waals surface area contributed by atoms with Gasteiger partial charge in [0.25, 0.3) is 0 Å². The number of alkyl carbamates (subject to hydrolysis) is 1. The molecule has 0 fully saturated rings. The summed E-state index contributed by atoms with van der Waals surface area (Å²) in [7, 11) is -4.15. The Morgan fingerprint density at radius 1 is 1.00 bits per heavy atom. The number of sulfonamides is 1. The molecule has 0 aliphatic carbocycles. The van der Waals surface area contributed by atoms with Crippen molar-refractivity contribution in [3.8, 4) is 11.5 Å². The van der Waals surface area contributed by atoms with Crippen LogP contribution in [0.5, 0.6) is 11.5 Å². The fraction of sp³-hybridized carbons (Fsp3) is 0.514. The van der Waals surface area contributed by atoms with Gasteiger partial charge in [-0.25, -0.2) is 13.2 Å². The minimum absolute atomic E-state index is 0.00898. The predicted octanol–water partition coefficient (Wildman–Crippen LogP) is 6.66. The number of nitrogens with one attached hydrogen (secondary N) is 1. The largest absolute Gasteiger partial charge is 0.494 e. The fourth-order valence-corrected chi connectivity index (χ4v) is 6.22. The molecule has 0 saturated heterocycles. The van der Waals surface area contributed by atoms with Crippen molar-refractivity contribution in [3.63, 3.8) is 0 Å². The maximum Gasteiger partial charge on any atom is 0.407 e. The highest BCUT2D eigenvalue weighted by Gasteiger charge is 2.33. The molecule has 45 heavy (non-hydrogen) atoms. The molecule has 0 spiro atoms. The summed E-state index contributed by atoms with van der Waals surface area (Å²) in [5.41, 5.74) is 0.124. The van der Waals surface area contributed by atoms with Crippen molar-refractivity contribution < 1.29 is 32.5 Å². The average Bonchev–Trinajstić information content (AvgIpc) is 2.98. The molecule has 2 atom stereocenters. The van der Waals surface area contributed by atoms with E-state index in [-0.39, 0.29) is 30.2 Å². The van der Waals surface area contributed by atoms with Crippen LogP contribution in [0.3, 0.4) is 0 Å². The number of ether oxygens (including phenoxy) is 3. The summed E-state index contributed by atoms with van der Waals surface area (Å²) in [4.78, 5) is 12.8. The van der Waals surface area contributed by atoms with E-state index in [0.29, 0.717) is 25.4 Å². The van der Waals surface area contributed by atoms with Crippen molar-refractivity contribution in [2.75, 3.05) is 26.3 Å². The summed E-state index contributed by atoms with van der Waals surface area (Å²) in [5, 5.41) is 14.3. The first-order chi connectivity index (χ1) is 21.4. The number of aliphatic hydroxyl groups excluding tert-OH is 1. The summed E-state index contributed by atoms with van der Waals surface area (Å²) in [6, 6.07) is 13.3. The van der Waals surface area contributed by atoms with Gasteiger partial charge in [0.05, 0.1) is 25.4 Å². The minimum Gasteiger partial charge on any atom is -0.494 e. The Balaban J connectivity index is 2.43. The Kier molecular flexibility index (Phi) is 16.2. The third-order valence-corrected chi connectivity index (χ3v) is 8.73. The van der Waals surface area contributed by atoms with Gasteiger partial charge < -0.3 is 24.6 Å². The van der Waals surface area contributed by atoms with E-state index >= 15 is 0 Å². The van der Waals surface area contributed by atoms with Gasteiger partial charge in [-0.2, -0.15) is 4.31 Å². The molecule has 9 nitrogen and oxygen atoms in total. The first kappa shape index (κ1) is 37.8. The van der Waals surface area contributed by atoms with Crippen molar-refractivity contribution >= 4 is 16.1 Å². The lowest BCUT2D eigenvalue weighted by Gasteiger charge is -2.31. The lowest BCUT2D eigenvalue weighted by Crippen LogP contribution is -2.51. The maximum absolute atomic E-state index is 14.3. The van der Waals surface area contributed by atoms with Gasteiger partial charge in [0.15, 0.2) is 0 Å². The number of hydrogen-bond donors (Lipinski definition) is 2. The standard InChI is InChI=1S/C35H52N2O7S/c1-7-10-12-17-23-37(27-31(38)30(25-28-19-15-14-16-20-28)36-34(39)44-35(4,5)6)45(40,41)33-22-21-29(42-9-3)26-32(33)43-24-18-13-11-8-2/h7-8,14-16,19-22,26,30-31,38H,1-2,9-13,17-18,23-25,27H2,3-6H3,(H,36,39)/t30-,31+/m0/s1. The number of nitrogens with zero attached hydrogens (tertiary/aromatic N) is 1. The van der Waals surface area contributed by atoms with Gasteiger partial charge in [-0.15, -0.1) is 13.2 Å². The molecule has 2 aromatic carbocycles. The zero-order valence-electron chi connectivity index (χ0n) is 27.4. The number of carbonyl (C=O) groups is 1. The molecule has 0 unspecified atom stereocenters. The summed E-state index contributed by atoms with van der Waals surface area (Å²) in [5.74, 6) is 0.692. The summed E-state index contributed by atoms with van der Waals surface area (Å²) < 4.78 is 47.0. The number of unbranched alkanes of at least 4 members (excludes halogenated alkanes) is 4. The molecule has 250 valence electrons. The predicted molar refractivity (Wildman–Crippen MR) is 179 cm³/mol. The normalized spacial score (nSPS) is 13.1. The quantitative estimate of drug-likeness (QED) is 0.115. The Morgan fingerprint density at radius 2 is 1.67 bits per heavy atom. The SMILES string of the molecule is C=CCCCCOc1cc(OCC)ccc1S(=O)(=O)N(CCCCC=C)C[C@@H](O)[C@H](Cc1ccccc1)NC(=O)OC(C)(C)C. The second-order valence-corrected chi connectivity index (χ2v) is 13.7. The summed E-state index contributed by atoms with van der Waals surface area (Å²) in [6.07, 6.45) is 6.40. The smallest absolute Gasteiger partial charge is 0.407 e. The number of amides is 1. The van der Waals surface area contributed by atoms with E-state index in [9.17, 15) is 18.3 Å². The summed E-state index contributed by atoms with van der Waals surface area (Å²) in [6.45, 7) is 15.3. The van der Waals surface area contributed by atoms with Gasteiger partial charge in [0, 0.05) is 19.2 Å². The highest BCUT2D eigenvalue weighted by Crippen LogP contribution is 2.32. The molecule has 0 aliphatic rings. The van der Waals surface area contributed by atoms with Gasteiger partial charge in [0.1, 0.15) is 22.0 Å². The van der Waals surface area contributed by atoms with E-state index < -0.39 is 33.9 Å². The number of aliphatic hydroxyl groups is 1. The van der Waals surface area contributed by atoms with Crippen LogP contribution in [0, 0.1) is 0 Å². The lowest BCUT2D eigenvalue weighted by molar-refractivity contribution is 0.0402. The van der Waals surface area contributed by atoms with Crippen molar-refractivity contribution in [1.29, 1.82) is 0 Å². The van der Waals surface area contributed by atoms with Crippen LogP contribution >= 0.6 is 0 Å². The molecule has 2 aromatic rings. The van der Waals surface area contributed by atoms with Gasteiger partial charge in [0.2, 0.25) is 10.0 Å². The second kappa shape index (κ2) is 19.2. The third-order valence-electron chi connectivity index (χ3n) is 6.83. The van der Waals surface area contributed by atoms with Gasteiger partial charge in [-0.05, 0) is 90.3 Å². The Morgan fingerprint density at radius 3 is 2.29 bits per heavy atom. The Labute approximate surface area is 270 Å². The van der Waals surface area contributed by atoms with Crippen LogP contribution in [-0.4, -0.2) is 68.0 Å². The Hall–Kier alpha value is -3.34. The summed E-state index contributed by atoms with van der Waals surface area (Å²) >= 11 is 0. The van der Waals surface area contributed by atoms with E-state index in [1.165, 1.54) is 10.4 Å². The van der Waals surface area contributed by atoms with Crippen LogP contribution < -0.4 is 14.8 Å². The van der Waals surface area contributed by atoms with Gasteiger partial charge >= 0.3 is 6.09 Å². The topological polar surface area (TPSA) is 114 Å². The van der Waals surface area contributed by atoms with Crippen LogP contribution in [0.2, 0.25) is 0 Å². The average molecular weight is 645 g/mol. The van der Waals surface area contributed by atoms with Gasteiger partial charge in [-0.1, -0.05) is 42.5 Å². The third kappa shape index (κ3) is 13.7. The fourth-order valence-electron chi connectivity index (χ4n) is 4.62. The molecular weight excluding hydrogens is 592 g/mol. The maximum atomic E-state index is 14.3. The molecular formula is C35H52N2O7S. The molecule has 10 heteroatoms. The van der Waals surface area contributed by atoms with Crippen LogP contribution in [-0.2, 0) is 21.2 Å². The van der Waals surface area contributed by atoms with Crippen LogP contribution in [0.25, 0.3) is 0 Å². The number of rotatable bonds is 21. The zero-order valence-corrected chi connectivity index (χ0v) is 28.2. The zero-order chi connectivity index (χ0) is 33.3. The first-order valence-electron chi connectivity index (χ1n) is 15.7. The first-order valence-corrected chi connectivity index (χ1v) is 17.2. The number of carbonyl (C=O) groups excluding carboxylic acids is 1. The molecule has 1 amide bonds. The van der Waals surface area contributed by atoms with Crippen LogP contribution in [0.1, 0.15) is 71.8 Å². The molecule has 0 aliphatic heterocycles. The lowest BCUT2D eigenvalue weighted by atomic mass is 10.0. The van der Waals surface area contributed by atoms with E-state index in [0.717, 1.165) is 37.7 Å². The van der Waals surface area contributed by atoms with Crippen molar-refractivity contribution in [1.82, 2.24) is 9.62 Å². The minimum atomic E-state index is -4.15.